The molecule has 1 aromatic rings. The van der Waals surface area contributed by atoms with Gasteiger partial charge in [-0.2, -0.15) is 5.10 Å². The van der Waals surface area contributed by atoms with Crippen molar-refractivity contribution >= 4 is 11.7 Å². The van der Waals surface area contributed by atoms with Crippen molar-refractivity contribution in [2.24, 2.45) is 0 Å². The van der Waals surface area contributed by atoms with Gasteiger partial charge >= 0.3 is 6.03 Å². The van der Waals surface area contributed by atoms with Crippen molar-refractivity contribution in [3.63, 3.8) is 0 Å². The maximum Gasteiger partial charge on any atom is 0.321 e. The molecule has 1 rings (SSSR count). The van der Waals surface area contributed by atoms with E-state index >= 15 is 0 Å². The Hall–Kier alpha value is -1.52. The van der Waals surface area contributed by atoms with Gasteiger partial charge in [-0.25, -0.2) is 4.79 Å². The highest BCUT2D eigenvalue weighted by atomic mass is 16.2. The van der Waals surface area contributed by atoms with E-state index in [-0.39, 0.29) is 6.03 Å². The number of hydrogen-bond acceptors (Lipinski definition) is 2. The lowest BCUT2D eigenvalue weighted by atomic mass is 10.4. The molecule has 1 aromatic heterocycles. The average Bonchev–Trinajstić information content (AvgIpc) is 2.68. The van der Waals surface area contributed by atoms with E-state index in [1.807, 2.05) is 38.6 Å². The zero-order valence-electron chi connectivity index (χ0n) is 10.4. The molecule has 0 bridgehead atoms. The Balaban J connectivity index is 2.62. The Kier molecular flexibility index (Phi) is 4.34. The summed E-state index contributed by atoms with van der Waals surface area (Å²) in [6.07, 6.45) is 3.51. The smallest absolute Gasteiger partial charge is 0.321 e. The van der Waals surface area contributed by atoms with E-state index in [0.29, 0.717) is 19.1 Å². The highest BCUT2D eigenvalue weighted by molar-refractivity contribution is 5.88. The lowest BCUT2D eigenvalue weighted by Crippen LogP contribution is -2.34. The van der Waals surface area contributed by atoms with Gasteiger partial charge in [0.25, 0.3) is 0 Å². The third-order valence-electron chi connectivity index (χ3n) is 2.43. The molecule has 90 valence electrons. The van der Waals surface area contributed by atoms with E-state index in [9.17, 15) is 4.79 Å². The molecule has 0 atom stereocenters. The summed E-state index contributed by atoms with van der Waals surface area (Å²) in [4.78, 5) is 13.5. The van der Waals surface area contributed by atoms with Gasteiger partial charge in [0, 0.05) is 25.3 Å². The van der Waals surface area contributed by atoms with Crippen molar-refractivity contribution in [2.45, 2.75) is 33.7 Å². The largest absolute Gasteiger partial charge is 0.325 e. The summed E-state index contributed by atoms with van der Waals surface area (Å²) >= 11 is 0. The van der Waals surface area contributed by atoms with Crippen LogP contribution in [0.3, 0.4) is 0 Å². The first-order valence-electron chi connectivity index (χ1n) is 5.68. The predicted molar refractivity (Wildman–Crippen MR) is 64.6 cm³/mol. The van der Waals surface area contributed by atoms with E-state index in [2.05, 4.69) is 10.4 Å². The highest BCUT2D eigenvalue weighted by Crippen LogP contribution is 2.10. The zero-order valence-corrected chi connectivity index (χ0v) is 10.4. The maximum absolute atomic E-state index is 11.7. The number of carbonyl (C=O) groups is 1. The number of carbonyl (C=O) groups excluding carboxylic acids is 1. The Morgan fingerprint density at radius 3 is 2.56 bits per heavy atom. The molecule has 0 aliphatic carbocycles. The number of urea groups is 1. The van der Waals surface area contributed by atoms with Crippen molar-refractivity contribution < 1.29 is 4.79 Å². The van der Waals surface area contributed by atoms with Crippen LogP contribution >= 0.6 is 0 Å². The lowest BCUT2D eigenvalue weighted by molar-refractivity contribution is 0.217. The van der Waals surface area contributed by atoms with Gasteiger partial charge in [-0.15, -0.1) is 0 Å². The highest BCUT2D eigenvalue weighted by Gasteiger charge is 2.10. The first-order valence-corrected chi connectivity index (χ1v) is 5.68. The molecular formula is C11H20N4O. The van der Waals surface area contributed by atoms with E-state index in [0.717, 1.165) is 5.69 Å². The standard InChI is InChI=1S/C11H20N4O/c1-5-14(6-2)11(16)13-10-7-12-15(8-10)9(3)4/h7-9H,5-6H2,1-4H3,(H,13,16). The summed E-state index contributed by atoms with van der Waals surface area (Å²) in [6.45, 7) is 9.43. The monoisotopic (exact) mass is 224 g/mol. The molecule has 1 N–H and O–H groups in total. The summed E-state index contributed by atoms with van der Waals surface area (Å²) in [5.74, 6) is 0. The maximum atomic E-state index is 11.7. The third kappa shape index (κ3) is 2.98. The predicted octanol–water partition coefficient (Wildman–Crippen LogP) is 2.34. The van der Waals surface area contributed by atoms with Crippen LogP contribution in [0.2, 0.25) is 0 Å². The van der Waals surface area contributed by atoms with Crippen molar-refractivity contribution in [1.29, 1.82) is 0 Å². The van der Waals surface area contributed by atoms with Crippen LogP contribution in [0.5, 0.6) is 0 Å². The first-order chi connectivity index (χ1) is 7.58. The van der Waals surface area contributed by atoms with Gasteiger partial charge in [-0.3, -0.25) is 4.68 Å². The van der Waals surface area contributed by atoms with Gasteiger partial charge in [-0.05, 0) is 27.7 Å². The molecule has 1 heterocycles. The molecule has 5 nitrogen and oxygen atoms in total. The number of aromatic nitrogens is 2. The van der Waals surface area contributed by atoms with E-state index < -0.39 is 0 Å². The Morgan fingerprint density at radius 2 is 2.12 bits per heavy atom. The summed E-state index contributed by atoms with van der Waals surface area (Å²) in [6, 6.07) is 0.229. The van der Waals surface area contributed by atoms with Gasteiger partial charge in [0.1, 0.15) is 0 Å². The fourth-order valence-corrected chi connectivity index (χ4v) is 1.40. The molecule has 2 amide bonds. The minimum Gasteiger partial charge on any atom is -0.325 e. The Bertz CT molecular complexity index is 342. The van der Waals surface area contributed by atoms with Crippen molar-refractivity contribution in [1.82, 2.24) is 14.7 Å². The second-order valence-electron chi connectivity index (χ2n) is 3.91. The normalized spacial score (nSPS) is 10.6. The average molecular weight is 224 g/mol. The molecule has 0 radical (unpaired) electrons. The van der Waals surface area contributed by atoms with Gasteiger partial charge in [0.15, 0.2) is 0 Å². The summed E-state index contributed by atoms with van der Waals surface area (Å²) in [5, 5.41) is 6.99. The van der Waals surface area contributed by atoms with Crippen LogP contribution in [0.25, 0.3) is 0 Å². The van der Waals surface area contributed by atoms with Gasteiger partial charge in [0.2, 0.25) is 0 Å². The zero-order chi connectivity index (χ0) is 12.1. The first kappa shape index (κ1) is 12.5. The molecule has 0 aliphatic heterocycles. The molecule has 16 heavy (non-hydrogen) atoms. The molecule has 0 fully saturated rings. The minimum atomic E-state index is -0.0756. The van der Waals surface area contributed by atoms with Crippen molar-refractivity contribution in [3.05, 3.63) is 12.4 Å². The molecule has 0 unspecified atom stereocenters. The van der Waals surface area contributed by atoms with E-state index in [1.54, 1.807) is 11.1 Å². The van der Waals surface area contributed by atoms with Crippen molar-refractivity contribution in [2.75, 3.05) is 18.4 Å². The second kappa shape index (κ2) is 5.53. The number of nitrogens with one attached hydrogen (secondary N) is 1. The number of nitrogens with zero attached hydrogens (tertiary/aromatic N) is 3. The molecule has 0 saturated carbocycles. The molecule has 5 heteroatoms. The Labute approximate surface area is 96.4 Å². The molecule has 0 aliphatic rings. The van der Waals surface area contributed by atoms with Crippen LogP contribution in [0.15, 0.2) is 12.4 Å². The number of hydrogen-bond donors (Lipinski definition) is 1. The fourth-order valence-electron chi connectivity index (χ4n) is 1.40. The number of amides is 2. The van der Waals surface area contributed by atoms with Gasteiger partial charge < -0.3 is 10.2 Å². The quantitative estimate of drug-likeness (QED) is 0.853. The summed E-state index contributed by atoms with van der Waals surface area (Å²) in [5.41, 5.74) is 0.741. The van der Waals surface area contributed by atoms with E-state index in [1.165, 1.54) is 0 Å². The van der Waals surface area contributed by atoms with E-state index in [4.69, 9.17) is 0 Å². The lowest BCUT2D eigenvalue weighted by Gasteiger charge is -2.18. The van der Waals surface area contributed by atoms with Crippen LogP contribution in [0.1, 0.15) is 33.7 Å². The number of rotatable bonds is 4. The third-order valence-corrected chi connectivity index (χ3v) is 2.43. The Morgan fingerprint density at radius 1 is 1.50 bits per heavy atom. The fraction of sp³-hybridized carbons (Fsp3) is 0.636. The van der Waals surface area contributed by atoms with Crippen LogP contribution in [0, 0.1) is 0 Å². The number of anilines is 1. The van der Waals surface area contributed by atoms with Gasteiger partial charge in [0.05, 0.1) is 11.9 Å². The van der Waals surface area contributed by atoms with Crippen molar-refractivity contribution in [3.8, 4) is 0 Å². The molecular weight excluding hydrogens is 204 g/mol. The summed E-state index contributed by atoms with van der Waals surface area (Å²) in [7, 11) is 0. The van der Waals surface area contributed by atoms with Crippen LogP contribution in [0.4, 0.5) is 10.5 Å². The van der Waals surface area contributed by atoms with Crippen LogP contribution in [-0.4, -0.2) is 33.8 Å². The summed E-state index contributed by atoms with van der Waals surface area (Å²) < 4.78 is 1.82. The molecule has 0 saturated heterocycles. The minimum absolute atomic E-state index is 0.0756. The molecule has 0 spiro atoms. The van der Waals surface area contributed by atoms with Gasteiger partial charge in [-0.1, -0.05) is 0 Å². The SMILES string of the molecule is CCN(CC)C(=O)Nc1cnn(C(C)C)c1. The van der Waals surface area contributed by atoms with Crippen LogP contribution < -0.4 is 5.32 Å². The topological polar surface area (TPSA) is 50.2 Å². The second-order valence-corrected chi connectivity index (χ2v) is 3.91. The molecule has 0 aromatic carbocycles. The van der Waals surface area contributed by atoms with Crippen LogP contribution in [-0.2, 0) is 0 Å².